The summed E-state index contributed by atoms with van der Waals surface area (Å²) in [7, 11) is 0. The van der Waals surface area contributed by atoms with E-state index >= 15 is 0 Å². The van der Waals surface area contributed by atoms with Crippen molar-refractivity contribution in [2.24, 2.45) is 5.41 Å². The molecule has 0 unspecified atom stereocenters. The van der Waals surface area contributed by atoms with Crippen LogP contribution in [0.15, 0.2) is 34.6 Å². The van der Waals surface area contributed by atoms with E-state index in [9.17, 15) is 0 Å². The van der Waals surface area contributed by atoms with Gasteiger partial charge in [0.15, 0.2) is 33.6 Å². The molecule has 3 aromatic heterocycles. The van der Waals surface area contributed by atoms with Gasteiger partial charge < -0.3 is 25.1 Å². The molecule has 0 bridgehead atoms. The second kappa shape index (κ2) is 9.38. The minimum Gasteiger partial charge on any atom is -0.486 e. The molecule has 0 atom stereocenters. The third kappa shape index (κ3) is 5.06. The molecule has 1 aromatic carbocycles. The molecule has 11 heteroatoms. The number of H-pyrrole nitrogens is 1. The fourth-order valence-electron chi connectivity index (χ4n) is 3.88. The SMILES string of the molecule is Cc1cc(-c2cc3c(cc2Sc2nc4c(N)ncnc4n2CCNCC(C)(C)C)OCCO3)n[nH]1. The van der Waals surface area contributed by atoms with Gasteiger partial charge in [-0.05, 0) is 30.5 Å². The molecule has 0 radical (unpaired) electrons. The van der Waals surface area contributed by atoms with Crippen LogP contribution in [0.3, 0.4) is 0 Å². The molecule has 35 heavy (non-hydrogen) atoms. The number of nitrogen functional groups attached to an aromatic ring is 1. The highest BCUT2D eigenvalue weighted by Crippen LogP contribution is 2.43. The molecular weight excluding hydrogens is 464 g/mol. The zero-order valence-corrected chi connectivity index (χ0v) is 21.2. The van der Waals surface area contributed by atoms with Gasteiger partial charge >= 0.3 is 0 Å². The fourth-order valence-corrected chi connectivity index (χ4v) is 4.94. The Kier molecular flexibility index (Phi) is 6.28. The van der Waals surface area contributed by atoms with Gasteiger partial charge in [0.25, 0.3) is 0 Å². The first-order valence-electron chi connectivity index (χ1n) is 11.6. The van der Waals surface area contributed by atoms with Crippen LogP contribution in [0.5, 0.6) is 11.5 Å². The Morgan fingerprint density at radius 2 is 1.91 bits per heavy atom. The monoisotopic (exact) mass is 494 g/mol. The summed E-state index contributed by atoms with van der Waals surface area (Å²) in [5, 5.41) is 11.8. The van der Waals surface area contributed by atoms with Crippen LogP contribution in [-0.2, 0) is 6.54 Å². The minimum absolute atomic E-state index is 0.197. The van der Waals surface area contributed by atoms with Crippen molar-refractivity contribution in [3.8, 4) is 22.8 Å². The van der Waals surface area contributed by atoms with Gasteiger partial charge in [-0.1, -0.05) is 32.5 Å². The van der Waals surface area contributed by atoms with Gasteiger partial charge in [0.2, 0.25) is 0 Å². The van der Waals surface area contributed by atoms with Gasteiger partial charge in [0.1, 0.15) is 19.5 Å². The summed E-state index contributed by atoms with van der Waals surface area (Å²) >= 11 is 1.53. The predicted octanol–water partition coefficient (Wildman–Crippen LogP) is 3.67. The summed E-state index contributed by atoms with van der Waals surface area (Å²) in [4.78, 5) is 14.4. The molecule has 0 saturated heterocycles. The number of aromatic nitrogens is 6. The average Bonchev–Trinajstić information content (AvgIpc) is 3.40. The molecule has 5 rings (SSSR count). The number of nitrogens with two attached hydrogens (primary N) is 1. The van der Waals surface area contributed by atoms with Gasteiger partial charge in [-0.25, -0.2) is 15.0 Å². The molecule has 10 nitrogen and oxygen atoms in total. The van der Waals surface area contributed by atoms with Crippen LogP contribution in [0.2, 0.25) is 0 Å². The van der Waals surface area contributed by atoms with Crippen LogP contribution < -0.4 is 20.5 Å². The second-order valence-corrected chi connectivity index (χ2v) is 10.8. The van der Waals surface area contributed by atoms with Crippen molar-refractivity contribution in [2.45, 2.75) is 44.3 Å². The first-order chi connectivity index (χ1) is 16.8. The van der Waals surface area contributed by atoms with Gasteiger partial charge in [-0.2, -0.15) is 5.10 Å². The molecule has 0 amide bonds. The number of fused-ring (bicyclic) bond motifs is 2. The maximum absolute atomic E-state index is 6.16. The fraction of sp³-hybridized carbons (Fsp3) is 0.417. The summed E-state index contributed by atoms with van der Waals surface area (Å²) in [5.74, 6) is 1.79. The lowest BCUT2D eigenvalue weighted by molar-refractivity contribution is 0.171. The van der Waals surface area contributed by atoms with Crippen LogP contribution in [0.25, 0.3) is 22.4 Å². The molecule has 4 heterocycles. The Morgan fingerprint density at radius 3 is 2.63 bits per heavy atom. The van der Waals surface area contributed by atoms with Crippen molar-refractivity contribution < 1.29 is 9.47 Å². The van der Waals surface area contributed by atoms with E-state index in [0.717, 1.165) is 40.1 Å². The number of aromatic amines is 1. The maximum Gasteiger partial charge on any atom is 0.175 e. The molecule has 4 aromatic rings. The highest BCUT2D eigenvalue weighted by molar-refractivity contribution is 7.99. The van der Waals surface area contributed by atoms with Gasteiger partial charge in [-0.3, -0.25) is 5.10 Å². The molecule has 0 fully saturated rings. The van der Waals surface area contributed by atoms with Gasteiger partial charge in [0.05, 0.1) is 5.69 Å². The maximum atomic E-state index is 6.16. The number of ether oxygens (including phenoxy) is 2. The Hall–Kier alpha value is -3.31. The van der Waals surface area contributed by atoms with Crippen LogP contribution >= 0.6 is 11.8 Å². The van der Waals surface area contributed by atoms with E-state index in [1.165, 1.54) is 18.1 Å². The highest BCUT2D eigenvalue weighted by atomic mass is 32.2. The van der Waals surface area contributed by atoms with Crippen molar-refractivity contribution in [2.75, 3.05) is 32.0 Å². The predicted molar refractivity (Wildman–Crippen MR) is 136 cm³/mol. The van der Waals surface area contributed by atoms with E-state index in [4.69, 9.17) is 20.2 Å². The number of anilines is 1. The average molecular weight is 495 g/mol. The Bertz CT molecular complexity index is 1360. The van der Waals surface area contributed by atoms with Crippen molar-refractivity contribution in [1.29, 1.82) is 0 Å². The second-order valence-electron chi connectivity index (χ2n) is 9.74. The van der Waals surface area contributed by atoms with Crippen molar-refractivity contribution in [3.05, 3.63) is 30.2 Å². The molecule has 184 valence electrons. The molecule has 0 aliphatic carbocycles. The lowest BCUT2D eigenvalue weighted by atomic mass is 9.97. The lowest BCUT2D eigenvalue weighted by Gasteiger charge is -2.21. The topological polar surface area (TPSA) is 129 Å². The van der Waals surface area contributed by atoms with Gasteiger partial charge in [-0.15, -0.1) is 0 Å². The van der Waals surface area contributed by atoms with E-state index in [0.29, 0.717) is 48.2 Å². The zero-order chi connectivity index (χ0) is 24.6. The summed E-state index contributed by atoms with van der Waals surface area (Å²) in [6.45, 7) is 12.0. The lowest BCUT2D eigenvalue weighted by Crippen LogP contribution is -2.29. The quantitative estimate of drug-likeness (QED) is 0.330. The first-order valence-corrected chi connectivity index (χ1v) is 12.4. The summed E-state index contributed by atoms with van der Waals surface area (Å²) in [6, 6.07) is 5.99. The largest absolute Gasteiger partial charge is 0.486 e. The van der Waals surface area contributed by atoms with E-state index in [1.807, 2.05) is 25.1 Å². The Balaban J connectivity index is 1.54. The molecule has 4 N–H and O–H groups in total. The van der Waals surface area contributed by atoms with E-state index in [-0.39, 0.29) is 5.41 Å². The third-order valence-electron chi connectivity index (χ3n) is 5.52. The molecule has 0 spiro atoms. The summed E-state index contributed by atoms with van der Waals surface area (Å²) in [5.41, 5.74) is 10.4. The number of hydrogen-bond acceptors (Lipinski definition) is 9. The number of hydrogen-bond donors (Lipinski definition) is 3. The highest BCUT2D eigenvalue weighted by Gasteiger charge is 2.22. The van der Waals surface area contributed by atoms with Crippen LogP contribution in [-0.4, -0.2) is 56.0 Å². The third-order valence-corrected chi connectivity index (χ3v) is 6.57. The molecule has 1 aliphatic heterocycles. The number of aryl methyl sites for hydroxylation is 1. The first kappa shape index (κ1) is 23.4. The Labute approximate surface area is 208 Å². The molecule has 0 saturated carbocycles. The normalized spacial score (nSPS) is 13.5. The van der Waals surface area contributed by atoms with Crippen LogP contribution in [0.4, 0.5) is 5.82 Å². The summed E-state index contributed by atoms with van der Waals surface area (Å²) < 4.78 is 13.8. The van der Waals surface area contributed by atoms with E-state index < -0.39 is 0 Å². The van der Waals surface area contributed by atoms with E-state index in [2.05, 4.69) is 50.8 Å². The van der Waals surface area contributed by atoms with Crippen molar-refractivity contribution >= 4 is 28.7 Å². The number of benzene rings is 1. The van der Waals surface area contributed by atoms with Crippen LogP contribution in [0, 0.1) is 12.3 Å². The van der Waals surface area contributed by atoms with Gasteiger partial charge in [0, 0.05) is 35.8 Å². The zero-order valence-electron chi connectivity index (χ0n) is 20.4. The summed E-state index contributed by atoms with van der Waals surface area (Å²) in [6.07, 6.45) is 1.48. The number of rotatable bonds is 7. The number of imidazole rings is 1. The smallest absolute Gasteiger partial charge is 0.175 e. The molecule has 1 aliphatic rings. The van der Waals surface area contributed by atoms with Crippen molar-refractivity contribution in [1.82, 2.24) is 35.0 Å². The Morgan fingerprint density at radius 1 is 1.14 bits per heavy atom. The molecular formula is C24H30N8O2S. The van der Waals surface area contributed by atoms with Crippen molar-refractivity contribution in [3.63, 3.8) is 0 Å². The minimum atomic E-state index is 0.197. The number of nitrogens with one attached hydrogen (secondary N) is 2. The van der Waals surface area contributed by atoms with E-state index in [1.54, 1.807) is 0 Å². The number of nitrogens with zero attached hydrogens (tertiary/aromatic N) is 5. The van der Waals surface area contributed by atoms with Crippen LogP contribution in [0.1, 0.15) is 26.5 Å². The standard InChI is InChI=1S/C24H30N8O2S/c1-14-9-16(31-30-14)15-10-17-18(34-8-7-33-17)11-19(15)35-23-29-20-21(25)27-13-28-22(20)32(23)6-5-26-12-24(2,3)4/h9-11,13,26H,5-8,12H2,1-4H3,(H,30,31)(H2,25,27,28).